The highest BCUT2D eigenvalue weighted by atomic mass is 35.5. The van der Waals surface area contributed by atoms with Gasteiger partial charge in [0.1, 0.15) is 6.04 Å². The van der Waals surface area contributed by atoms with Gasteiger partial charge in [0.2, 0.25) is 5.91 Å². The fourth-order valence-corrected chi connectivity index (χ4v) is 1.74. The van der Waals surface area contributed by atoms with Gasteiger partial charge >= 0.3 is 0 Å². The summed E-state index contributed by atoms with van der Waals surface area (Å²) >= 11 is 0. The number of unbranched alkanes of at least 4 members (excludes halogenated alkanes) is 1. The molecule has 23 heavy (non-hydrogen) atoms. The second kappa shape index (κ2) is 10.5. The van der Waals surface area contributed by atoms with Crippen LogP contribution in [0.3, 0.4) is 0 Å². The summed E-state index contributed by atoms with van der Waals surface area (Å²) in [7, 11) is 0. The van der Waals surface area contributed by atoms with Gasteiger partial charge in [-0.3, -0.25) is 19.7 Å². The van der Waals surface area contributed by atoms with Crippen LogP contribution < -0.4 is 16.4 Å². The number of nitro groups is 1. The molecule has 9 heteroatoms. The minimum absolute atomic E-state index is 0. The Kier molecular flexibility index (Phi) is 9.52. The first-order chi connectivity index (χ1) is 10.5. The number of nitrogens with one attached hydrogen (secondary N) is 2. The molecule has 1 aromatic rings. The highest BCUT2D eigenvalue weighted by Crippen LogP contribution is 2.13. The Labute approximate surface area is 140 Å². The summed E-state index contributed by atoms with van der Waals surface area (Å²) in [5.41, 5.74) is 5.31. The zero-order valence-corrected chi connectivity index (χ0v) is 13.6. The standard InChI is InChI=1S/C14H20N4O4.ClH/c1-10(13(19)16-8-3-2-7-15)17-14(20)11-5-4-6-12(9-11)18(21)22;/h4-6,9-10H,2-3,7-8,15H2,1H3,(H,16,19)(H,17,20);1H. The SMILES string of the molecule is CC(NC(=O)c1cccc([N+](=O)[O-])c1)C(=O)NCCCCN.Cl. The van der Waals surface area contributed by atoms with Crippen LogP contribution in [0.1, 0.15) is 30.1 Å². The van der Waals surface area contributed by atoms with Crippen LogP contribution >= 0.6 is 12.4 Å². The number of halogens is 1. The van der Waals surface area contributed by atoms with Gasteiger partial charge in [-0.2, -0.15) is 0 Å². The van der Waals surface area contributed by atoms with E-state index in [1.54, 1.807) is 6.92 Å². The molecular weight excluding hydrogens is 324 g/mol. The van der Waals surface area contributed by atoms with Crippen LogP contribution in [0.25, 0.3) is 0 Å². The van der Waals surface area contributed by atoms with Crippen LogP contribution in [0.4, 0.5) is 5.69 Å². The Morgan fingerprint density at radius 3 is 2.65 bits per heavy atom. The van der Waals surface area contributed by atoms with E-state index < -0.39 is 16.9 Å². The molecule has 1 aromatic carbocycles. The Morgan fingerprint density at radius 2 is 2.04 bits per heavy atom. The predicted molar refractivity (Wildman–Crippen MR) is 88.6 cm³/mol. The maximum Gasteiger partial charge on any atom is 0.270 e. The van der Waals surface area contributed by atoms with Crippen LogP contribution in [0.2, 0.25) is 0 Å². The maximum absolute atomic E-state index is 12.0. The number of carbonyl (C=O) groups excluding carboxylic acids is 2. The van der Waals surface area contributed by atoms with Gasteiger partial charge in [-0.25, -0.2) is 0 Å². The Balaban J connectivity index is 0.00000484. The van der Waals surface area contributed by atoms with E-state index >= 15 is 0 Å². The molecule has 0 heterocycles. The molecule has 0 fully saturated rings. The zero-order valence-electron chi connectivity index (χ0n) is 12.8. The predicted octanol–water partition coefficient (Wildman–Crippen LogP) is 0.990. The summed E-state index contributed by atoms with van der Waals surface area (Å²) in [5, 5.41) is 15.9. The fourth-order valence-electron chi connectivity index (χ4n) is 1.74. The molecule has 128 valence electrons. The second-order valence-corrected chi connectivity index (χ2v) is 4.79. The minimum atomic E-state index is -0.732. The number of benzene rings is 1. The van der Waals surface area contributed by atoms with Crippen LogP contribution in [0, 0.1) is 10.1 Å². The van der Waals surface area contributed by atoms with Crippen LogP contribution in [-0.2, 0) is 4.79 Å². The van der Waals surface area contributed by atoms with Crippen molar-refractivity contribution in [3.63, 3.8) is 0 Å². The molecular formula is C14H21ClN4O4. The number of rotatable bonds is 8. The lowest BCUT2D eigenvalue weighted by Gasteiger charge is -2.14. The number of nitrogens with two attached hydrogens (primary N) is 1. The molecule has 0 aromatic heterocycles. The minimum Gasteiger partial charge on any atom is -0.354 e. The van der Waals surface area contributed by atoms with E-state index in [1.165, 1.54) is 24.3 Å². The number of hydrogen-bond donors (Lipinski definition) is 3. The molecule has 0 aliphatic heterocycles. The van der Waals surface area contributed by atoms with E-state index in [0.717, 1.165) is 12.8 Å². The van der Waals surface area contributed by atoms with Crippen molar-refractivity contribution in [2.75, 3.05) is 13.1 Å². The van der Waals surface area contributed by atoms with Crippen molar-refractivity contribution >= 4 is 29.9 Å². The van der Waals surface area contributed by atoms with Crippen LogP contribution in [-0.4, -0.2) is 35.9 Å². The molecule has 1 atom stereocenters. The third-order valence-electron chi connectivity index (χ3n) is 2.99. The molecule has 0 aliphatic carbocycles. The summed E-state index contributed by atoms with van der Waals surface area (Å²) in [4.78, 5) is 33.9. The van der Waals surface area contributed by atoms with Gasteiger partial charge in [0.15, 0.2) is 0 Å². The Bertz CT molecular complexity index is 553. The van der Waals surface area contributed by atoms with Crippen molar-refractivity contribution in [2.45, 2.75) is 25.8 Å². The maximum atomic E-state index is 12.0. The van der Waals surface area contributed by atoms with Crippen molar-refractivity contribution in [3.05, 3.63) is 39.9 Å². The zero-order chi connectivity index (χ0) is 16.5. The first kappa shape index (κ1) is 20.8. The largest absolute Gasteiger partial charge is 0.354 e. The number of nitro benzene ring substituents is 1. The average Bonchev–Trinajstić information content (AvgIpc) is 2.51. The van der Waals surface area contributed by atoms with Crippen molar-refractivity contribution in [3.8, 4) is 0 Å². The van der Waals surface area contributed by atoms with Gasteiger partial charge in [0, 0.05) is 24.2 Å². The highest BCUT2D eigenvalue weighted by molar-refractivity contribution is 5.97. The second-order valence-electron chi connectivity index (χ2n) is 4.79. The van der Waals surface area contributed by atoms with Gasteiger partial charge in [-0.1, -0.05) is 6.07 Å². The van der Waals surface area contributed by atoms with E-state index in [2.05, 4.69) is 10.6 Å². The molecule has 0 bridgehead atoms. The lowest BCUT2D eigenvalue weighted by molar-refractivity contribution is -0.384. The summed E-state index contributed by atoms with van der Waals surface area (Å²) in [6.07, 6.45) is 1.59. The summed E-state index contributed by atoms with van der Waals surface area (Å²) in [6, 6.07) is 4.61. The molecule has 0 aliphatic rings. The smallest absolute Gasteiger partial charge is 0.270 e. The fraction of sp³-hybridized carbons (Fsp3) is 0.429. The average molecular weight is 345 g/mol. The molecule has 2 amide bonds. The molecule has 0 radical (unpaired) electrons. The first-order valence-electron chi connectivity index (χ1n) is 6.98. The van der Waals surface area contributed by atoms with E-state index in [0.29, 0.717) is 13.1 Å². The van der Waals surface area contributed by atoms with Gasteiger partial charge in [0.05, 0.1) is 4.92 Å². The van der Waals surface area contributed by atoms with Crippen molar-refractivity contribution in [2.24, 2.45) is 5.73 Å². The summed E-state index contributed by atoms with van der Waals surface area (Å²) < 4.78 is 0. The van der Waals surface area contributed by atoms with Gasteiger partial charge in [-0.15, -0.1) is 12.4 Å². The molecule has 0 saturated carbocycles. The third kappa shape index (κ3) is 7.07. The number of hydrogen-bond acceptors (Lipinski definition) is 5. The first-order valence-corrected chi connectivity index (χ1v) is 6.98. The normalized spacial score (nSPS) is 11.0. The number of non-ortho nitro benzene ring substituents is 1. The molecule has 1 rings (SSSR count). The Hall–Kier alpha value is -2.19. The number of amides is 2. The molecule has 0 saturated heterocycles. The van der Waals surface area contributed by atoms with Gasteiger partial charge in [0.25, 0.3) is 11.6 Å². The number of carbonyl (C=O) groups is 2. The van der Waals surface area contributed by atoms with E-state index in [1.807, 2.05) is 0 Å². The summed E-state index contributed by atoms with van der Waals surface area (Å²) in [6.45, 7) is 2.61. The number of nitrogens with zero attached hydrogens (tertiary/aromatic N) is 1. The lowest BCUT2D eigenvalue weighted by atomic mass is 10.1. The lowest BCUT2D eigenvalue weighted by Crippen LogP contribution is -2.45. The molecule has 4 N–H and O–H groups in total. The van der Waals surface area contributed by atoms with E-state index in [4.69, 9.17) is 5.73 Å². The molecule has 0 spiro atoms. The van der Waals surface area contributed by atoms with Crippen molar-refractivity contribution < 1.29 is 14.5 Å². The quantitative estimate of drug-likeness (QED) is 0.368. The third-order valence-corrected chi connectivity index (χ3v) is 2.99. The highest BCUT2D eigenvalue weighted by Gasteiger charge is 2.17. The van der Waals surface area contributed by atoms with Gasteiger partial charge in [-0.05, 0) is 32.4 Å². The molecule has 1 unspecified atom stereocenters. The Morgan fingerprint density at radius 1 is 1.35 bits per heavy atom. The molecule has 8 nitrogen and oxygen atoms in total. The van der Waals surface area contributed by atoms with Crippen molar-refractivity contribution in [1.29, 1.82) is 0 Å². The van der Waals surface area contributed by atoms with Gasteiger partial charge < -0.3 is 16.4 Å². The van der Waals surface area contributed by atoms with Crippen molar-refractivity contribution in [1.82, 2.24) is 10.6 Å². The van der Waals surface area contributed by atoms with E-state index in [9.17, 15) is 19.7 Å². The van der Waals surface area contributed by atoms with Crippen LogP contribution in [0.15, 0.2) is 24.3 Å². The van der Waals surface area contributed by atoms with E-state index in [-0.39, 0.29) is 29.6 Å². The summed E-state index contributed by atoms with van der Waals surface area (Å²) in [5.74, 6) is -0.843. The monoisotopic (exact) mass is 344 g/mol. The topological polar surface area (TPSA) is 127 Å². The van der Waals surface area contributed by atoms with Crippen LogP contribution in [0.5, 0.6) is 0 Å².